The highest BCUT2D eigenvalue weighted by atomic mass is 32.1. The number of hydrogen-bond donors (Lipinski definition) is 2. The summed E-state index contributed by atoms with van der Waals surface area (Å²) >= 11 is 1.67. The molecule has 2 N–H and O–H groups in total. The topological polar surface area (TPSA) is 116 Å². The Balaban J connectivity index is 1.22. The molecule has 40 heavy (non-hydrogen) atoms. The molecule has 0 aliphatic rings. The molecule has 0 spiro atoms. The zero-order chi connectivity index (χ0) is 27.4. The molecule has 0 radical (unpaired) electrons. The van der Waals surface area contributed by atoms with Gasteiger partial charge in [-0.05, 0) is 74.4 Å². The Bertz CT molecular complexity index is 2150. The molecule has 10 heteroatoms. The molecule has 196 valence electrons. The third kappa shape index (κ3) is 4.18. The summed E-state index contributed by atoms with van der Waals surface area (Å²) in [4.78, 5) is 30.8. The summed E-state index contributed by atoms with van der Waals surface area (Å²) in [6.07, 6.45) is 2.29. The van der Waals surface area contributed by atoms with Crippen LogP contribution in [0.4, 0.5) is 11.4 Å². The van der Waals surface area contributed by atoms with Crippen LogP contribution >= 0.6 is 11.3 Å². The first-order valence-corrected chi connectivity index (χ1v) is 13.7. The van der Waals surface area contributed by atoms with Crippen molar-refractivity contribution in [3.8, 4) is 10.6 Å². The number of aromatic nitrogens is 6. The number of nitrogens with one attached hydrogen (secondary N) is 2. The van der Waals surface area contributed by atoms with Crippen molar-refractivity contribution in [3.05, 3.63) is 106 Å². The fraction of sp³-hybridized carbons (Fsp3) is 0.133. The molecule has 3 aromatic carbocycles. The van der Waals surface area contributed by atoms with Crippen molar-refractivity contribution in [2.75, 3.05) is 0 Å². The lowest BCUT2D eigenvalue weighted by atomic mass is 10.1. The Kier molecular flexibility index (Phi) is 5.64. The maximum Gasteiger partial charge on any atom is 0.280 e. The van der Waals surface area contributed by atoms with Crippen LogP contribution in [-0.2, 0) is 6.42 Å². The Hall–Kier alpha value is -4.96. The van der Waals surface area contributed by atoms with Gasteiger partial charge in [0.1, 0.15) is 10.8 Å². The van der Waals surface area contributed by atoms with E-state index >= 15 is 0 Å². The van der Waals surface area contributed by atoms with Crippen molar-refractivity contribution in [3.63, 3.8) is 0 Å². The van der Waals surface area contributed by atoms with E-state index in [0.717, 1.165) is 33.2 Å². The quantitative estimate of drug-likeness (QED) is 0.225. The molecule has 0 atom stereocenters. The van der Waals surface area contributed by atoms with E-state index in [1.54, 1.807) is 17.5 Å². The van der Waals surface area contributed by atoms with Crippen LogP contribution in [0.1, 0.15) is 28.3 Å². The summed E-state index contributed by atoms with van der Waals surface area (Å²) < 4.78 is 2.62. The third-order valence-electron chi connectivity index (χ3n) is 6.87. The minimum absolute atomic E-state index is 0.182. The SMILES string of the molecule is Cc1ccc2nc(-c3ccc(N=Nc4c(C)[nH]n5c(=O)c6c(Cc7ncc(C)[nH]7)cccc6nc45)cc3)sc2c1. The predicted molar refractivity (Wildman–Crippen MR) is 158 cm³/mol. The van der Waals surface area contributed by atoms with Crippen LogP contribution in [-0.4, -0.2) is 29.5 Å². The van der Waals surface area contributed by atoms with Gasteiger partial charge in [-0.1, -0.05) is 18.2 Å². The average molecular weight is 545 g/mol. The Morgan fingerprint density at radius 1 is 0.950 bits per heavy atom. The monoisotopic (exact) mass is 544 g/mol. The van der Waals surface area contributed by atoms with E-state index in [1.165, 1.54) is 14.8 Å². The van der Waals surface area contributed by atoms with E-state index in [9.17, 15) is 4.79 Å². The van der Waals surface area contributed by atoms with Gasteiger partial charge in [-0.15, -0.1) is 16.5 Å². The molecule has 4 heterocycles. The zero-order valence-corrected chi connectivity index (χ0v) is 22.9. The largest absolute Gasteiger partial charge is 0.346 e. The van der Waals surface area contributed by atoms with Gasteiger partial charge < -0.3 is 4.98 Å². The zero-order valence-electron chi connectivity index (χ0n) is 22.1. The van der Waals surface area contributed by atoms with Crippen molar-refractivity contribution in [2.45, 2.75) is 27.2 Å². The Labute approximate surface area is 232 Å². The maximum atomic E-state index is 13.6. The van der Waals surface area contributed by atoms with E-state index in [2.05, 4.69) is 50.4 Å². The summed E-state index contributed by atoms with van der Waals surface area (Å²) in [6.45, 7) is 5.90. The minimum Gasteiger partial charge on any atom is -0.346 e. The van der Waals surface area contributed by atoms with Crippen LogP contribution in [0.5, 0.6) is 0 Å². The van der Waals surface area contributed by atoms with Gasteiger partial charge in [-0.3, -0.25) is 9.89 Å². The second kappa shape index (κ2) is 9.35. The predicted octanol–water partition coefficient (Wildman–Crippen LogP) is 7.11. The first kappa shape index (κ1) is 24.1. The van der Waals surface area contributed by atoms with E-state index in [4.69, 9.17) is 9.97 Å². The van der Waals surface area contributed by atoms with Gasteiger partial charge in [-0.2, -0.15) is 9.63 Å². The molecule has 0 aliphatic carbocycles. The van der Waals surface area contributed by atoms with E-state index in [-0.39, 0.29) is 5.56 Å². The molecular formula is C30H24N8OS. The number of rotatable bonds is 5. The van der Waals surface area contributed by atoms with E-state index in [1.807, 2.05) is 56.3 Å². The summed E-state index contributed by atoms with van der Waals surface area (Å²) in [6, 6.07) is 19.8. The van der Waals surface area contributed by atoms with Crippen molar-refractivity contribution in [1.29, 1.82) is 0 Å². The number of fused-ring (bicyclic) bond motifs is 3. The van der Waals surface area contributed by atoms with Crippen molar-refractivity contribution in [2.24, 2.45) is 10.2 Å². The van der Waals surface area contributed by atoms with Gasteiger partial charge in [0.15, 0.2) is 11.3 Å². The molecule has 0 aliphatic heterocycles. The smallest absolute Gasteiger partial charge is 0.280 e. The molecule has 0 fully saturated rings. The summed E-state index contributed by atoms with van der Waals surface area (Å²) in [5.74, 6) is 0.802. The van der Waals surface area contributed by atoms with Gasteiger partial charge in [0.25, 0.3) is 5.56 Å². The Morgan fingerprint density at radius 2 is 1.80 bits per heavy atom. The van der Waals surface area contributed by atoms with Crippen LogP contribution in [0.15, 0.2) is 81.9 Å². The average Bonchev–Trinajstić information content (AvgIpc) is 3.64. The van der Waals surface area contributed by atoms with Crippen LogP contribution in [0.2, 0.25) is 0 Å². The van der Waals surface area contributed by atoms with Crippen LogP contribution in [0, 0.1) is 20.8 Å². The number of thiazole rings is 1. The number of aromatic amines is 2. The lowest BCUT2D eigenvalue weighted by Gasteiger charge is -2.05. The van der Waals surface area contributed by atoms with E-state index < -0.39 is 0 Å². The lowest BCUT2D eigenvalue weighted by Crippen LogP contribution is -2.17. The molecule has 7 aromatic rings. The molecule has 9 nitrogen and oxygen atoms in total. The van der Waals surface area contributed by atoms with Crippen LogP contribution in [0.3, 0.4) is 0 Å². The number of azo groups is 1. The second-order valence-electron chi connectivity index (χ2n) is 9.90. The van der Waals surface area contributed by atoms with Gasteiger partial charge in [0, 0.05) is 23.9 Å². The van der Waals surface area contributed by atoms with Crippen molar-refractivity contribution < 1.29 is 0 Å². The number of hydrogen-bond acceptors (Lipinski definition) is 7. The van der Waals surface area contributed by atoms with Gasteiger partial charge >= 0.3 is 0 Å². The highest BCUT2D eigenvalue weighted by molar-refractivity contribution is 7.21. The lowest BCUT2D eigenvalue weighted by molar-refractivity contribution is 0.892. The highest BCUT2D eigenvalue weighted by Crippen LogP contribution is 2.32. The summed E-state index contributed by atoms with van der Waals surface area (Å²) in [5, 5.41) is 13.6. The van der Waals surface area contributed by atoms with Crippen molar-refractivity contribution >= 4 is 49.5 Å². The van der Waals surface area contributed by atoms with Gasteiger partial charge in [0.05, 0.1) is 32.5 Å². The normalized spacial score (nSPS) is 12.0. The highest BCUT2D eigenvalue weighted by Gasteiger charge is 2.17. The number of aryl methyl sites for hydroxylation is 3. The molecule has 7 rings (SSSR count). The van der Waals surface area contributed by atoms with Crippen LogP contribution < -0.4 is 5.56 Å². The molecule has 0 amide bonds. The number of imidazole rings is 1. The molecule has 0 bridgehead atoms. The standard InChI is InChI=1S/C30H24N8OS/c1-16-7-12-22-24(13-16)40-29(34-22)19-8-10-21(11-9-19)35-36-27-18(3)37-38-28(27)33-23-6-4-5-20(26(23)30(38)39)14-25-31-15-17(2)32-25/h4-13,15,37H,14H2,1-3H3,(H,31,32). The number of H-pyrrole nitrogens is 2. The molecule has 0 saturated carbocycles. The first-order chi connectivity index (χ1) is 19.4. The summed E-state index contributed by atoms with van der Waals surface area (Å²) in [5.41, 5.74) is 7.87. The second-order valence-corrected chi connectivity index (χ2v) is 10.9. The summed E-state index contributed by atoms with van der Waals surface area (Å²) in [7, 11) is 0. The molecule has 4 aromatic heterocycles. The minimum atomic E-state index is -0.182. The van der Waals surface area contributed by atoms with Gasteiger partial charge in [-0.25, -0.2) is 15.0 Å². The number of nitrogens with zero attached hydrogens (tertiary/aromatic N) is 6. The first-order valence-electron chi connectivity index (χ1n) is 12.9. The number of benzene rings is 3. The maximum absolute atomic E-state index is 13.6. The molecule has 0 unspecified atom stereocenters. The fourth-order valence-corrected chi connectivity index (χ4v) is 5.96. The fourth-order valence-electron chi connectivity index (χ4n) is 4.89. The Morgan fingerprint density at radius 3 is 2.60 bits per heavy atom. The molecular weight excluding hydrogens is 520 g/mol. The van der Waals surface area contributed by atoms with Crippen LogP contribution in [0.25, 0.3) is 37.3 Å². The van der Waals surface area contributed by atoms with Gasteiger partial charge in [0.2, 0.25) is 0 Å². The third-order valence-corrected chi connectivity index (χ3v) is 7.93. The van der Waals surface area contributed by atoms with Crippen molar-refractivity contribution in [1.82, 2.24) is 29.5 Å². The van der Waals surface area contributed by atoms with E-state index in [0.29, 0.717) is 40.0 Å². The molecule has 0 saturated heterocycles.